The van der Waals surface area contributed by atoms with Gasteiger partial charge in [-0.25, -0.2) is 0 Å². The maximum atomic E-state index is 12.6. The summed E-state index contributed by atoms with van der Waals surface area (Å²) in [5.74, 6) is 0.610. The number of hydrogen-bond donors (Lipinski definition) is 1. The van der Waals surface area contributed by atoms with Crippen molar-refractivity contribution >= 4 is 28.1 Å². The first kappa shape index (κ1) is 21.7. The van der Waals surface area contributed by atoms with E-state index in [-0.39, 0.29) is 5.91 Å². The van der Waals surface area contributed by atoms with Crippen molar-refractivity contribution in [2.75, 3.05) is 11.9 Å². The summed E-state index contributed by atoms with van der Waals surface area (Å²) >= 11 is 0. The maximum absolute atomic E-state index is 12.6. The normalized spacial score (nSPS) is 11.7. The fraction of sp³-hybridized carbons (Fsp3) is 0.346. The molecule has 0 fully saturated rings. The minimum Gasteiger partial charge on any atom is -0.493 e. The molecule has 3 rings (SSSR count). The molecule has 30 heavy (non-hydrogen) atoms. The number of hydrogen-bond acceptors (Lipinski definition) is 3. The Kier molecular flexibility index (Phi) is 6.99. The molecule has 3 aromatic rings. The summed E-state index contributed by atoms with van der Waals surface area (Å²) in [4.78, 5) is 12.6. The Morgan fingerprint density at radius 3 is 2.57 bits per heavy atom. The predicted molar refractivity (Wildman–Crippen MR) is 124 cm³/mol. The second-order valence-corrected chi connectivity index (χ2v) is 7.72. The first-order chi connectivity index (χ1) is 14.4. The van der Waals surface area contributed by atoms with Crippen LogP contribution in [0.2, 0.25) is 0 Å². The molecule has 0 aliphatic rings. The highest BCUT2D eigenvalue weighted by Crippen LogP contribution is 2.37. The molecule has 0 bridgehead atoms. The number of fused-ring (bicyclic) bond motifs is 1. The fourth-order valence-corrected chi connectivity index (χ4v) is 3.65. The molecule has 0 aliphatic heterocycles. The number of aryl methyl sites for hydroxylation is 3. The summed E-state index contributed by atoms with van der Waals surface area (Å²) in [6.45, 7) is 10.6. The average molecular weight is 406 g/mol. The zero-order valence-electron chi connectivity index (χ0n) is 18.6. The van der Waals surface area contributed by atoms with Crippen molar-refractivity contribution in [3.63, 3.8) is 0 Å². The van der Waals surface area contributed by atoms with Gasteiger partial charge in [-0.3, -0.25) is 4.79 Å². The van der Waals surface area contributed by atoms with Crippen molar-refractivity contribution in [1.29, 1.82) is 0 Å². The van der Waals surface area contributed by atoms with Crippen LogP contribution in [-0.2, 0) is 11.2 Å². The standard InChI is InChI=1S/C26H31NO3/c1-6-8-9-20-10-12-21(13-11-20)27-24(28)14-17(3)22-15-23-18(4)16-30-26(23)19(5)25(22)29-7-2/h10-16H,6-9H2,1-5H3,(H,27,28)/b17-14+. The Hall–Kier alpha value is -3.01. The third-order valence-corrected chi connectivity index (χ3v) is 5.34. The lowest BCUT2D eigenvalue weighted by molar-refractivity contribution is -0.111. The molecule has 1 amide bonds. The summed E-state index contributed by atoms with van der Waals surface area (Å²) in [5, 5.41) is 4.00. The number of anilines is 1. The number of benzene rings is 2. The minimum atomic E-state index is -0.155. The summed E-state index contributed by atoms with van der Waals surface area (Å²) < 4.78 is 11.6. The molecule has 4 heteroatoms. The molecule has 0 radical (unpaired) electrons. The van der Waals surface area contributed by atoms with Crippen LogP contribution >= 0.6 is 0 Å². The molecule has 0 aliphatic carbocycles. The number of furan rings is 1. The molecular formula is C26H31NO3. The van der Waals surface area contributed by atoms with Crippen LogP contribution in [0.4, 0.5) is 5.69 Å². The topological polar surface area (TPSA) is 51.5 Å². The van der Waals surface area contributed by atoms with Crippen LogP contribution in [0, 0.1) is 13.8 Å². The Labute approximate surface area is 178 Å². The monoisotopic (exact) mass is 405 g/mol. The van der Waals surface area contributed by atoms with Gasteiger partial charge in [0.1, 0.15) is 11.3 Å². The van der Waals surface area contributed by atoms with Gasteiger partial charge in [-0.1, -0.05) is 25.5 Å². The Balaban J connectivity index is 1.85. The predicted octanol–water partition coefficient (Wildman–Crippen LogP) is 6.83. The summed E-state index contributed by atoms with van der Waals surface area (Å²) in [7, 11) is 0. The Morgan fingerprint density at radius 2 is 1.90 bits per heavy atom. The van der Waals surface area contributed by atoms with E-state index in [1.165, 1.54) is 18.4 Å². The first-order valence-corrected chi connectivity index (χ1v) is 10.7. The highest BCUT2D eigenvalue weighted by Gasteiger charge is 2.17. The van der Waals surface area contributed by atoms with E-state index in [0.29, 0.717) is 6.61 Å². The SMILES string of the molecule is CCCCc1ccc(NC(=O)/C=C(\C)c2cc3c(C)coc3c(C)c2OCC)cc1. The number of allylic oxidation sites excluding steroid dienone is 1. The third kappa shape index (κ3) is 4.76. The summed E-state index contributed by atoms with van der Waals surface area (Å²) in [6.07, 6.45) is 6.81. The number of amides is 1. The van der Waals surface area contributed by atoms with Crippen LogP contribution in [0.1, 0.15) is 55.9 Å². The van der Waals surface area contributed by atoms with Gasteiger partial charge in [0.15, 0.2) is 0 Å². The van der Waals surface area contributed by atoms with E-state index < -0.39 is 0 Å². The van der Waals surface area contributed by atoms with Gasteiger partial charge in [0.25, 0.3) is 0 Å². The van der Waals surface area contributed by atoms with Gasteiger partial charge < -0.3 is 14.5 Å². The van der Waals surface area contributed by atoms with Crippen LogP contribution in [0.25, 0.3) is 16.5 Å². The maximum Gasteiger partial charge on any atom is 0.248 e. The van der Waals surface area contributed by atoms with Crippen LogP contribution in [-0.4, -0.2) is 12.5 Å². The molecule has 1 heterocycles. The van der Waals surface area contributed by atoms with Crippen molar-refractivity contribution in [2.45, 2.75) is 53.9 Å². The number of carbonyl (C=O) groups excluding carboxylic acids is 1. The zero-order valence-corrected chi connectivity index (χ0v) is 18.6. The number of nitrogens with one attached hydrogen (secondary N) is 1. The van der Waals surface area contributed by atoms with E-state index in [1.807, 2.05) is 45.9 Å². The quantitative estimate of drug-likeness (QED) is 0.418. The molecule has 0 atom stereocenters. The summed E-state index contributed by atoms with van der Waals surface area (Å²) in [6, 6.07) is 10.1. The van der Waals surface area contributed by atoms with Gasteiger partial charge >= 0.3 is 0 Å². The first-order valence-electron chi connectivity index (χ1n) is 10.7. The number of ether oxygens (including phenoxy) is 1. The molecule has 1 aromatic heterocycles. The minimum absolute atomic E-state index is 0.155. The van der Waals surface area contributed by atoms with Gasteiger partial charge in [-0.2, -0.15) is 0 Å². The average Bonchev–Trinajstić information content (AvgIpc) is 3.10. The van der Waals surface area contributed by atoms with Crippen LogP contribution in [0.5, 0.6) is 5.75 Å². The second kappa shape index (κ2) is 9.66. The van der Waals surface area contributed by atoms with Crippen LogP contribution in [0.15, 0.2) is 47.1 Å². The third-order valence-electron chi connectivity index (χ3n) is 5.34. The number of rotatable bonds is 8. The fourth-order valence-electron chi connectivity index (χ4n) is 3.65. The van der Waals surface area contributed by atoms with E-state index in [0.717, 1.165) is 51.1 Å². The number of carbonyl (C=O) groups is 1. The lowest BCUT2D eigenvalue weighted by Gasteiger charge is -2.14. The lowest BCUT2D eigenvalue weighted by atomic mass is 9.98. The van der Waals surface area contributed by atoms with Crippen molar-refractivity contribution in [2.24, 2.45) is 0 Å². The Bertz CT molecular complexity index is 1060. The molecule has 4 nitrogen and oxygen atoms in total. The van der Waals surface area contributed by atoms with Crippen LogP contribution in [0.3, 0.4) is 0 Å². The van der Waals surface area contributed by atoms with E-state index in [2.05, 4.69) is 24.4 Å². The zero-order chi connectivity index (χ0) is 21.7. The molecule has 158 valence electrons. The molecule has 0 saturated carbocycles. The molecule has 0 spiro atoms. The highest BCUT2D eigenvalue weighted by atomic mass is 16.5. The van der Waals surface area contributed by atoms with E-state index in [1.54, 1.807) is 12.3 Å². The molecule has 0 unspecified atom stereocenters. The van der Waals surface area contributed by atoms with Gasteiger partial charge in [-0.15, -0.1) is 0 Å². The highest BCUT2D eigenvalue weighted by molar-refractivity contribution is 6.05. The summed E-state index contributed by atoms with van der Waals surface area (Å²) in [5.41, 5.74) is 6.71. The number of unbranched alkanes of at least 4 members (excludes halogenated alkanes) is 1. The van der Waals surface area contributed by atoms with Crippen molar-refractivity contribution in [3.05, 3.63) is 64.9 Å². The second-order valence-electron chi connectivity index (χ2n) is 7.72. The van der Waals surface area contributed by atoms with Gasteiger partial charge in [0.05, 0.1) is 12.9 Å². The molecule has 2 aromatic carbocycles. The van der Waals surface area contributed by atoms with E-state index in [9.17, 15) is 4.79 Å². The van der Waals surface area contributed by atoms with E-state index in [4.69, 9.17) is 9.15 Å². The smallest absolute Gasteiger partial charge is 0.248 e. The van der Waals surface area contributed by atoms with Crippen molar-refractivity contribution < 1.29 is 13.9 Å². The van der Waals surface area contributed by atoms with Gasteiger partial charge in [-0.05, 0) is 75.4 Å². The molecular weight excluding hydrogens is 374 g/mol. The van der Waals surface area contributed by atoms with E-state index >= 15 is 0 Å². The molecule has 1 N–H and O–H groups in total. The van der Waals surface area contributed by atoms with Crippen LogP contribution < -0.4 is 10.1 Å². The lowest BCUT2D eigenvalue weighted by Crippen LogP contribution is -2.09. The van der Waals surface area contributed by atoms with Gasteiger partial charge in [0, 0.05) is 28.3 Å². The van der Waals surface area contributed by atoms with Gasteiger partial charge in [0.2, 0.25) is 5.91 Å². The van der Waals surface area contributed by atoms with Crippen molar-refractivity contribution in [3.8, 4) is 5.75 Å². The van der Waals surface area contributed by atoms with Crippen molar-refractivity contribution in [1.82, 2.24) is 0 Å². The molecule has 0 saturated heterocycles. The largest absolute Gasteiger partial charge is 0.493 e. The Morgan fingerprint density at radius 1 is 1.17 bits per heavy atom.